The quantitative estimate of drug-likeness (QED) is 0.884. The third-order valence-corrected chi connectivity index (χ3v) is 3.94. The number of carbonyl (C=O) groups is 1. The molecule has 3 rings (SSSR count). The standard InChI is InChI=1S/C14H17FN2O2/c15-14-6-7-17(12(14)8-16-10-14)13(18)19-9-11-4-2-1-3-5-11/h1-5,12,16H,6-10H2/t12-,14-/m1/s1. The first-order valence-electron chi connectivity index (χ1n) is 6.56. The summed E-state index contributed by atoms with van der Waals surface area (Å²) in [4.78, 5) is 13.5. The van der Waals surface area contributed by atoms with Gasteiger partial charge in [-0.1, -0.05) is 30.3 Å². The number of ether oxygens (including phenoxy) is 1. The molecule has 0 radical (unpaired) electrons. The van der Waals surface area contributed by atoms with Gasteiger partial charge in [0.2, 0.25) is 0 Å². The number of nitrogens with one attached hydrogen (secondary N) is 1. The van der Waals surface area contributed by atoms with Gasteiger partial charge in [-0.25, -0.2) is 9.18 Å². The molecule has 102 valence electrons. The average Bonchev–Trinajstić information content (AvgIpc) is 2.94. The van der Waals surface area contributed by atoms with Crippen molar-refractivity contribution in [2.45, 2.75) is 24.7 Å². The molecule has 4 nitrogen and oxygen atoms in total. The molecule has 0 aromatic heterocycles. The lowest BCUT2D eigenvalue weighted by molar-refractivity contribution is 0.0791. The summed E-state index contributed by atoms with van der Waals surface area (Å²) in [6.07, 6.45) is -0.0254. The molecule has 2 aliphatic rings. The highest BCUT2D eigenvalue weighted by Gasteiger charge is 2.53. The van der Waals surface area contributed by atoms with Gasteiger partial charge >= 0.3 is 6.09 Å². The SMILES string of the molecule is O=C(OCc1ccccc1)N1CC[C@@]2(F)CNC[C@@H]12. The van der Waals surface area contributed by atoms with Crippen molar-refractivity contribution >= 4 is 6.09 Å². The number of benzene rings is 1. The van der Waals surface area contributed by atoms with E-state index in [-0.39, 0.29) is 12.6 Å². The molecule has 5 heteroatoms. The molecule has 2 heterocycles. The number of amides is 1. The van der Waals surface area contributed by atoms with E-state index in [4.69, 9.17) is 4.74 Å². The molecule has 0 bridgehead atoms. The van der Waals surface area contributed by atoms with Crippen LogP contribution in [0.5, 0.6) is 0 Å². The molecule has 0 saturated carbocycles. The van der Waals surface area contributed by atoms with Crippen LogP contribution in [0.4, 0.5) is 9.18 Å². The van der Waals surface area contributed by atoms with Gasteiger partial charge in [0.05, 0.1) is 6.04 Å². The Bertz CT molecular complexity index is 468. The molecular formula is C14H17FN2O2. The number of nitrogens with zero attached hydrogens (tertiary/aromatic N) is 1. The number of fused-ring (bicyclic) bond motifs is 1. The maximum Gasteiger partial charge on any atom is 0.410 e. The highest BCUT2D eigenvalue weighted by atomic mass is 19.1. The van der Waals surface area contributed by atoms with Crippen LogP contribution in [0, 0.1) is 0 Å². The topological polar surface area (TPSA) is 41.6 Å². The van der Waals surface area contributed by atoms with Crippen LogP contribution in [-0.4, -0.2) is 42.3 Å². The number of carbonyl (C=O) groups excluding carboxylic acids is 1. The molecule has 0 spiro atoms. The fraction of sp³-hybridized carbons (Fsp3) is 0.500. The summed E-state index contributed by atoms with van der Waals surface area (Å²) in [5, 5.41) is 3.00. The molecule has 19 heavy (non-hydrogen) atoms. The van der Waals surface area contributed by atoms with Crippen LogP contribution in [0.25, 0.3) is 0 Å². The van der Waals surface area contributed by atoms with E-state index in [9.17, 15) is 9.18 Å². The van der Waals surface area contributed by atoms with Gasteiger partial charge in [-0.3, -0.25) is 0 Å². The predicted octanol–water partition coefficient (Wildman–Crippen LogP) is 1.71. The van der Waals surface area contributed by atoms with Crippen molar-refractivity contribution in [1.29, 1.82) is 0 Å². The minimum Gasteiger partial charge on any atom is -0.445 e. The van der Waals surface area contributed by atoms with E-state index in [1.807, 2.05) is 30.3 Å². The Morgan fingerprint density at radius 3 is 3.05 bits per heavy atom. The van der Waals surface area contributed by atoms with E-state index in [0.717, 1.165) is 5.56 Å². The van der Waals surface area contributed by atoms with Gasteiger partial charge in [0, 0.05) is 26.1 Å². The third-order valence-electron chi connectivity index (χ3n) is 3.94. The van der Waals surface area contributed by atoms with E-state index in [0.29, 0.717) is 26.1 Å². The molecular weight excluding hydrogens is 247 g/mol. The van der Waals surface area contributed by atoms with Gasteiger partial charge in [-0.05, 0) is 5.56 Å². The largest absolute Gasteiger partial charge is 0.445 e. The Balaban J connectivity index is 1.59. The molecule has 1 amide bonds. The van der Waals surface area contributed by atoms with Crippen LogP contribution in [0.15, 0.2) is 30.3 Å². The molecule has 1 N–H and O–H groups in total. The Kier molecular flexibility index (Phi) is 3.14. The summed E-state index contributed by atoms with van der Waals surface area (Å²) in [6.45, 7) is 1.52. The third kappa shape index (κ3) is 2.30. The maximum atomic E-state index is 14.4. The molecule has 2 fully saturated rings. The Morgan fingerprint density at radius 1 is 1.47 bits per heavy atom. The van der Waals surface area contributed by atoms with Crippen LogP contribution < -0.4 is 5.32 Å². The highest BCUT2D eigenvalue weighted by molar-refractivity contribution is 5.69. The fourth-order valence-electron chi connectivity index (χ4n) is 2.84. The number of halogens is 1. The lowest BCUT2D eigenvalue weighted by atomic mass is 10.0. The zero-order chi connectivity index (χ0) is 13.3. The summed E-state index contributed by atoms with van der Waals surface area (Å²) in [7, 11) is 0. The number of likely N-dealkylation sites (tertiary alicyclic amines) is 1. The minimum absolute atomic E-state index is 0.232. The minimum atomic E-state index is -1.27. The van der Waals surface area contributed by atoms with E-state index in [1.165, 1.54) is 4.90 Å². The van der Waals surface area contributed by atoms with E-state index < -0.39 is 11.8 Å². The van der Waals surface area contributed by atoms with Crippen molar-refractivity contribution in [2.24, 2.45) is 0 Å². The number of rotatable bonds is 2. The fourth-order valence-corrected chi connectivity index (χ4v) is 2.84. The summed E-state index contributed by atoms with van der Waals surface area (Å²) in [5.41, 5.74) is -0.336. The van der Waals surface area contributed by atoms with Crippen LogP contribution in [0.1, 0.15) is 12.0 Å². The van der Waals surface area contributed by atoms with E-state index in [1.54, 1.807) is 0 Å². The lowest BCUT2D eigenvalue weighted by Crippen LogP contribution is -2.43. The molecule has 0 unspecified atom stereocenters. The van der Waals surface area contributed by atoms with Crippen LogP contribution in [-0.2, 0) is 11.3 Å². The Hall–Kier alpha value is -1.62. The molecule has 2 atom stereocenters. The van der Waals surface area contributed by atoms with Crippen molar-refractivity contribution in [3.8, 4) is 0 Å². The molecule has 2 saturated heterocycles. The predicted molar refractivity (Wildman–Crippen MR) is 68.4 cm³/mol. The van der Waals surface area contributed by atoms with Crippen molar-refractivity contribution in [3.63, 3.8) is 0 Å². The highest BCUT2D eigenvalue weighted by Crippen LogP contribution is 2.35. The van der Waals surface area contributed by atoms with Crippen molar-refractivity contribution < 1.29 is 13.9 Å². The van der Waals surface area contributed by atoms with Gasteiger partial charge in [-0.15, -0.1) is 0 Å². The first-order valence-corrected chi connectivity index (χ1v) is 6.56. The number of hydrogen-bond donors (Lipinski definition) is 1. The monoisotopic (exact) mass is 264 g/mol. The molecule has 1 aromatic carbocycles. The molecule has 1 aromatic rings. The van der Waals surface area contributed by atoms with Crippen LogP contribution in [0.3, 0.4) is 0 Å². The average molecular weight is 264 g/mol. The summed E-state index contributed by atoms with van der Waals surface area (Å²) >= 11 is 0. The van der Waals surface area contributed by atoms with Gasteiger partial charge in [-0.2, -0.15) is 0 Å². The van der Waals surface area contributed by atoms with E-state index in [2.05, 4.69) is 5.32 Å². The molecule has 2 aliphatic heterocycles. The normalized spacial score (nSPS) is 29.3. The first-order chi connectivity index (χ1) is 9.19. The zero-order valence-corrected chi connectivity index (χ0v) is 10.6. The number of alkyl halides is 1. The summed E-state index contributed by atoms with van der Waals surface area (Å²) in [6, 6.07) is 9.12. The van der Waals surface area contributed by atoms with Gasteiger partial charge in [0.25, 0.3) is 0 Å². The number of hydrogen-bond acceptors (Lipinski definition) is 3. The second kappa shape index (κ2) is 4.81. The van der Waals surface area contributed by atoms with Gasteiger partial charge in [0.1, 0.15) is 12.3 Å². The maximum absolute atomic E-state index is 14.4. The summed E-state index contributed by atoms with van der Waals surface area (Å²) in [5.74, 6) is 0. The Morgan fingerprint density at radius 2 is 2.26 bits per heavy atom. The Labute approximate surface area is 111 Å². The van der Waals surface area contributed by atoms with E-state index >= 15 is 0 Å². The smallest absolute Gasteiger partial charge is 0.410 e. The second-order valence-electron chi connectivity index (χ2n) is 5.16. The molecule has 0 aliphatic carbocycles. The van der Waals surface area contributed by atoms with Crippen molar-refractivity contribution in [2.75, 3.05) is 19.6 Å². The van der Waals surface area contributed by atoms with Crippen molar-refractivity contribution in [1.82, 2.24) is 10.2 Å². The second-order valence-corrected chi connectivity index (χ2v) is 5.16. The van der Waals surface area contributed by atoms with Gasteiger partial charge in [0.15, 0.2) is 0 Å². The summed E-state index contributed by atoms with van der Waals surface area (Å²) < 4.78 is 19.6. The first kappa shape index (κ1) is 12.4. The van der Waals surface area contributed by atoms with Gasteiger partial charge < -0.3 is 15.0 Å². The zero-order valence-electron chi connectivity index (χ0n) is 10.6. The van der Waals surface area contributed by atoms with Crippen LogP contribution >= 0.6 is 0 Å². The lowest BCUT2D eigenvalue weighted by Gasteiger charge is -2.24. The van der Waals surface area contributed by atoms with Crippen molar-refractivity contribution in [3.05, 3.63) is 35.9 Å². The van der Waals surface area contributed by atoms with Crippen LogP contribution in [0.2, 0.25) is 0 Å².